The van der Waals surface area contributed by atoms with Crippen molar-refractivity contribution in [2.24, 2.45) is 0 Å². The minimum absolute atomic E-state index is 0.0831. The Kier molecular flexibility index (Phi) is 6.34. The highest BCUT2D eigenvalue weighted by Gasteiger charge is 2.17. The summed E-state index contributed by atoms with van der Waals surface area (Å²) >= 11 is 0. The van der Waals surface area contributed by atoms with Crippen molar-refractivity contribution in [1.29, 1.82) is 0 Å². The average Bonchev–Trinajstić information content (AvgIpc) is 2.74. The zero-order valence-corrected chi connectivity index (χ0v) is 17.2. The van der Waals surface area contributed by atoms with Gasteiger partial charge in [0, 0.05) is 5.56 Å². The molecule has 3 rings (SSSR count). The van der Waals surface area contributed by atoms with Gasteiger partial charge < -0.3 is 5.32 Å². The second-order valence-corrected chi connectivity index (χ2v) is 8.48. The van der Waals surface area contributed by atoms with E-state index in [2.05, 4.69) is 10.0 Å². The maximum atomic E-state index is 12.7. The van der Waals surface area contributed by atoms with Crippen LogP contribution in [0.4, 0.5) is 5.69 Å². The van der Waals surface area contributed by atoms with Gasteiger partial charge in [0.25, 0.3) is 15.9 Å². The van der Waals surface area contributed by atoms with E-state index in [4.69, 9.17) is 0 Å². The van der Waals surface area contributed by atoms with Crippen LogP contribution in [0.2, 0.25) is 0 Å². The Hall–Kier alpha value is -3.12. The summed E-state index contributed by atoms with van der Waals surface area (Å²) in [5.74, 6) is -0.193. The molecule has 0 unspecified atom stereocenters. The third-order valence-electron chi connectivity index (χ3n) is 4.70. The number of aryl methyl sites for hydroxylation is 1. The number of hydrogen-bond acceptors (Lipinski definition) is 3. The Labute approximate surface area is 171 Å². The molecule has 0 aliphatic rings. The Morgan fingerprint density at radius 1 is 0.931 bits per heavy atom. The van der Waals surface area contributed by atoms with Crippen LogP contribution in [0, 0.1) is 6.92 Å². The van der Waals surface area contributed by atoms with Gasteiger partial charge in [-0.05, 0) is 54.8 Å². The quantitative estimate of drug-likeness (QED) is 0.596. The molecule has 0 saturated carbocycles. The number of carbonyl (C=O) groups is 1. The molecule has 0 aliphatic carbocycles. The van der Waals surface area contributed by atoms with Crippen molar-refractivity contribution < 1.29 is 13.2 Å². The molecule has 0 bridgehead atoms. The Morgan fingerprint density at radius 3 is 2.14 bits per heavy atom. The molecular formula is C23H24N2O3S. The fourth-order valence-electron chi connectivity index (χ4n) is 3.07. The van der Waals surface area contributed by atoms with Crippen molar-refractivity contribution in [1.82, 2.24) is 5.32 Å². The van der Waals surface area contributed by atoms with Crippen molar-refractivity contribution in [3.05, 3.63) is 95.6 Å². The van der Waals surface area contributed by atoms with Gasteiger partial charge in [-0.15, -0.1) is 0 Å². The largest absolute Gasteiger partial charge is 0.345 e. The summed E-state index contributed by atoms with van der Waals surface area (Å²) in [4.78, 5) is 12.9. The molecule has 0 aliphatic heterocycles. The molecule has 1 amide bonds. The number of amides is 1. The summed E-state index contributed by atoms with van der Waals surface area (Å²) in [6.45, 7) is 3.79. The Balaban J connectivity index is 1.76. The molecule has 0 aromatic heterocycles. The van der Waals surface area contributed by atoms with Gasteiger partial charge in [-0.2, -0.15) is 0 Å². The van der Waals surface area contributed by atoms with Gasteiger partial charge in [0.05, 0.1) is 16.6 Å². The molecule has 6 heteroatoms. The van der Waals surface area contributed by atoms with E-state index in [-0.39, 0.29) is 16.8 Å². The first-order valence-corrected chi connectivity index (χ1v) is 10.9. The molecule has 29 heavy (non-hydrogen) atoms. The molecular weight excluding hydrogens is 384 g/mol. The van der Waals surface area contributed by atoms with E-state index in [1.165, 1.54) is 12.1 Å². The first-order chi connectivity index (χ1) is 13.9. The summed E-state index contributed by atoms with van der Waals surface area (Å²) < 4.78 is 27.6. The monoisotopic (exact) mass is 408 g/mol. The topological polar surface area (TPSA) is 75.3 Å². The SMILES string of the molecule is CC[C@H](NC(=O)c1ccc(NS(=O)(=O)c2ccccc2)c(C)c1)c1ccccc1. The normalized spacial score (nSPS) is 12.2. The van der Waals surface area contributed by atoms with Crippen LogP contribution >= 0.6 is 0 Å². The van der Waals surface area contributed by atoms with E-state index in [1.54, 1.807) is 43.3 Å². The molecule has 0 radical (unpaired) electrons. The molecule has 5 nitrogen and oxygen atoms in total. The average molecular weight is 409 g/mol. The van der Waals surface area contributed by atoms with E-state index in [0.29, 0.717) is 16.8 Å². The summed E-state index contributed by atoms with van der Waals surface area (Å²) in [5.41, 5.74) is 2.65. The predicted molar refractivity (Wildman–Crippen MR) is 115 cm³/mol. The maximum Gasteiger partial charge on any atom is 0.261 e. The summed E-state index contributed by atoms with van der Waals surface area (Å²) in [7, 11) is -3.68. The predicted octanol–water partition coefficient (Wildman–Crippen LogP) is 4.68. The van der Waals surface area contributed by atoms with Gasteiger partial charge in [-0.25, -0.2) is 8.42 Å². The highest BCUT2D eigenvalue weighted by atomic mass is 32.2. The second-order valence-electron chi connectivity index (χ2n) is 6.79. The molecule has 2 N–H and O–H groups in total. The van der Waals surface area contributed by atoms with Gasteiger partial charge >= 0.3 is 0 Å². The molecule has 3 aromatic carbocycles. The van der Waals surface area contributed by atoms with Gasteiger partial charge in [0.2, 0.25) is 0 Å². The van der Waals surface area contributed by atoms with Crippen LogP contribution in [0.15, 0.2) is 83.8 Å². The van der Waals surface area contributed by atoms with Gasteiger partial charge in [0.15, 0.2) is 0 Å². The van der Waals surface area contributed by atoms with Crippen molar-refractivity contribution in [3.63, 3.8) is 0 Å². The van der Waals surface area contributed by atoms with Crippen LogP contribution in [0.3, 0.4) is 0 Å². The fourth-order valence-corrected chi connectivity index (χ4v) is 4.22. The smallest absolute Gasteiger partial charge is 0.261 e. The zero-order valence-electron chi connectivity index (χ0n) is 16.4. The third-order valence-corrected chi connectivity index (χ3v) is 6.08. The number of rotatable bonds is 7. The lowest BCUT2D eigenvalue weighted by atomic mass is 10.0. The van der Waals surface area contributed by atoms with E-state index in [1.807, 2.05) is 37.3 Å². The summed E-state index contributed by atoms with van der Waals surface area (Å²) in [6.07, 6.45) is 0.768. The van der Waals surface area contributed by atoms with Crippen LogP contribution in [0.5, 0.6) is 0 Å². The molecule has 3 aromatic rings. The second kappa shape index (κ2) is 8.92. The van der Waals surface area contributed by atoms with Crippen molar-refractivity contribution in [2.75, 3.05) is 4.72 Å². The first kappa shape index (κ1) is 20.6. The van der Waals surface area contributed by atoms with Gasteiger partial charge in [-0.3, -0.25) is 9.52 Å². The lowest BCUT2D eigenvalue weighted by Gasteiger charge is -2.18. The van der Waals surface area contributed by atoms with Crippen LogP contribution in [0.25, 0.3) is 0 Å². The summed E-state index contributed by atoms with van der Waals surface area (Å²) in [5, 5.41) is 3.04. The zero-order chi connectivity index (χ0) is 20.9. The lowest BCUT2D eigenvalue weighted by Crippen LogP contribution is -2.28. The lowest BCUT2D eigenvalue weighted by molar-refractivity contribution is 0.0935. The molecule has 0 heterocycles. The number of anilines is 1. The van der Waals surface area contributed by atoms with Crippen LogP contribution in [-0.2, 0) is 10.0 Å². The molecule has 0 saturated heterocycles. The third kappa shape index (κ3) is 5.03. The Bertz CT molecular complexity index is 1080. The first-order valence-electron chi connectivity index (χ1n) is 9.45. The number of sulfonamides is 1. The minimum atomic E-state index is -3.68. The standard InChI is InChI=1S/C23H24N2O3S/c1-3-21(18-10-6-4-7-11-18)24-23(26)19-14-15-22(17(2)16-19)25-29(27,28)20-12-8-5-9-13-20/h4-16,21,25H,3H2,1-2H3,(H,24,26)/t21-/m0/s1. The molecule has 1 atom stereocenters. The van der Waals surface area contributed by atoms with Crippen LogP contribution in [-0.4, -0.2) is 14.3 Å². The van der Waals surface area contributed by atoms with Gasteiger partial charge in [0.1, 0.15) is 0 Å². The maximum absolute atomic E-state index is 12.7. The molecule has 150 valence electrons. The highest BCUT2D eigenvalue weighted by Crippen LogP contribution is 2.22. The van der Waals surface area contributed by atoms with Crippen molar-refractivity contribution in [2.45, 2.75) is 31.2 Å². The van der Waals surface area contributed by atoms with E-state index < -0.39 is 10.0 Å². The van der Waals surface area contributed by atoms with E-state index in [0.717, 1.165) is 12.0 Å². The van der Waals surface area contributed by atoms with Crippen molar-refractivity contribution in [3.8, 4) is 0 Å². The number of benzene rings is 3. The number of hydrogen-bond donors (Lipinski definition) is 2. The molecule has 0 spiro atoms. The number of carbonyl (C=O) groups excluding carboxylic acids is 1. The molecule has 0 fully saturated rings. The van der Waals surface area contributed by atoms with E-state index >= 15 is 0 Å². The fraction of sp³-hybridized carbons (Fsp3) is 0.174. The minimum Gasteiger partial charge on any atom is -0.345 e. The van der Waals surface area contributed by atoms with E-state index in [9.17, 15) is 13.2 Å². The Morgan fingerprint density at radius 2 is 1.55 bits per heavy atom. The van der Waals surface area contributed by atoms with Crippen molar-refractivity contribution >= 4 is 21.6 Å². The highest BCUT2D eigenvalue weighted by molar-refractivity contribution is 7.92. The van der Waals surface area contributed by atoms with Gasteiger partial charge in [-0.1, -0.05) is 55.5 Å². The summed E-state index contributed by atoms with van der Waals surface area (Å²) in [6, 6.07) is 22.8. The van der Waals surface area contributed by atoms with Crippen LogP contribution in [0.1, 0.15) is 40.9 Å². The number of nitrogens with one attached hydrogen (secondary N) is 2. The van der Waals surface area contributed by atoms with Crippen LogP contribution < -0.4 is 10.0 Å².